The molecule has 2 aliphatic rings. The van der Waals surface area contributed by atoms with Crippen LogP contribution in [-0.2, 0) is 14.3 Å². The van der Waals surface area contributed by atoms with E-state index in [1.807, 2.05) is 20.8 Å². The molecule has 0 saturated heterocycles. The van der Waals surface area contributed by atoms with E-state index in [1.54, 1.807) is 6.08 Å². The Labute approximate surface area is 133 Å². The van der Waals surface area contributed by atoms with E-state index in [1.165, 1.54) is 5.57 Å². The van der Waals surface area contributed by atoms with E-state index >= 15 is 0 Å². The Kier molecular flexibility index (Phi) is 4.46. The average molecular weight is 302 g/mol. The van der Waals surface area contributed by atoms with Gasteiger partial charge in [0.2, 0.25) is 0 Å². The van der Waals surface area contributed by atoms with E-state index < -0.39 is 6.10 Å². The maximum Gasteiger partial charge on any atom is 0.310 e. The quantitative estimate of drug-likeness (QED) is 0.569. The Bertz CT molecular complexity index is 573. The smallest absolute Gasteiger partial charge is 0.310 e. The van der Waals surface area contributed by atoms with Gasteiger partial charge in [-0.15, -0.1) is 6.58 Å². The van der Waals surface area contributed by atoms with Crippen LogP contribution in [0.1, 0.15) is 47.5 Å². The molecule has 0 bridgehead atoms. The highest BCUT2D eigenvalue weighted by Gasteiger charge is 2.61. The van der Waals surface area contributed by atoms with Crippen LogP contribution >= 0.6 is 0 Å². The van der Waals surface area contributed by atoms with Crippen molar-refractivity contribution in [2.45, 2.75) is 53.6 Å². The van der Waals surface area contributed by atoms with Gasteiger partial charge >= 0.3 is 5.97 Å². The molecule has 2 aliphatic carbocycles. The Morgan fingerprint density at radius 3 is 2.59 bits per heavy atom. The van der Waals surface area contributed by atoms with Crippen LogP contribution in [-0.4, -0.2) is 17.9 Å². The number of carbonyl (C=O) groups excluding carboxylic acids is 2. The van der Waals surface area contributed by atoms with Crippen LogP contribution in [0, 0.1) is 17.3 Å². The lowest BCUT2D eigenvalue weighted by Crippen LogP contribution is -2.20. The number of carbonyl (C=O) groups is 2. The number of hydrogen-bond donors (Lipinski definition) is 0. The van der Waals surface area contributed by atoms with Crippen LogP contribution in [0.5, 0.6) is 0 Å². The van der Waals surface area contributed by atoms with Crippen LogP contribution in [0.2, 0.25) is 0 Å². The highest BCUT2D eigenvalue weighted by molar-refractivity contribution is 6.00. The van der Waals surface area contributed by atoms with Crippen molar-refractivity contribution in [1.29, 1.82) is 0 Å². The van der Waals surface area contributed by atoms with Gasteiger partial charge < -0.3 is 4.74 Å². The van der Waals surface area contributed by atoms with Crippen LogP contribution in [0.15, 0.2) is 35.5 Å². The molecule has 1 saturated carbocycles. The molecule has 3 atom stereocenters. The first-order chi connectivity index (χ1) is 10.2. The molecule has 0 amide bonds. The van der Waals surface area contributed by atoms with Gasteiger partial charge in [-0.3, -0.25) is 9.59 Å². The highest BCUT2D eigenvalue weighted by atomic mass is 16.5. The molecule has 0 N–H and O–H groups in total. The standard InChI is InChI=1S/C19H26O3/c1-7-8-13-12(4)16(10-15(13)20)22-18(21)17-14(9-11(2)3)19(17,5)6/h7,9,14,16-17H,1,8,10H2,2-6H3/t14?,16-,17?/m0/s1. The lowest BCUT2D eigenvalue weighted by molar-refractivity contribution is -0.150. The summed E-state index contributed by atoms with van der Waals surface area (Å²) in [6.07, 6.45) is 4.31. The molecule has 3 nitrogen and oxygen atoms in total. The van der Waals surface area contributed by atoms with Crippen molar-refractivity contribution in [2.75, 3.05) is 0 Å². The summed E-state index contributed by atoms with van der Waals surface area (Å²) in [5.41, 5.74) is 2.80. The first-order valence-electron chi connectivity index (χ1n) is 7.89. The molecule has 0 radical (unpaired) electrons. The minimum Gasteiger partial charge on any atom is -0.457 e. The molecule has 3 heteroatoms. The summed E-state index contributed by atoms with van der Waals surface area (Å²) in [5, 5.41) is 0. The van der Waals surface area contributed by atoms with Crippen molar-refractivity contribution in [3.63, 3.8) is 0 Å². The minimum absolute atomic E-state index is 0.0570. The summed E-state index contributed by atoms with van der Waals surface area (Å²) in [5.74, 6) is 0.0309. The van der Waals surface area contributed by atoms with Gasteiger partial charge in [-0.2, -0.15) is 0 Å². The molecule has 22 heavy (non-hydrogen) atoms. The molecule has 2 rings (SSSR count). The molecule has 1 fully saturated rings. The Morgan fingerprint density at radius 1 is 1.41 bits per heavy atom. The number of ether oxygens (including phenoxy) is 1. The third kappa shape index (κ3) is 2.94. The third-order valence-electron chi connectivity index (χ3n) is 4.95. The average Bonchev–Trinajstić information content (AvgIpc) is 2.83. The summed E-state index contributed by atoms with van der Waals surface area (Å²) >= 11 is 0. The molecule has 0 aromatic rings. The fourth-order valence-electron chi connectivity index (χ4n) is 3.42. The van der Waals surface area contributed by atoms with Crippen molar-refractivity contribution in [1.82, 2.24) is 0 Å². The van der Waals surface area contributed by atoms with E-state index in [9.17, 15) is 9.59 Å². The molecule has 0 spiro atoms. The van der Waals surface area contributed by atoms with Crippen LogP contribution in [0.25, 0.3) is 0 Å². The van der Waals surface area contributed by atoms with Gasteiger partial charge in [-0.25, -0.2) is 0 Å². The molecule has 0 aromatic carbocycles. The summed E-state index contributed by atoms with van der Waals surface area (Å²) in [6, 6.07) is 0. The zero-order chi connectivity index (χ0) is 16.7. The Balaban J connectivity index is 2.07. The first-order valence-corrected chi connectivity index (χ1v) is 7.89. The predicted molar refractivity (Wildman–Crippen MR) is 87.2 cm³/mol. The second kappa shape index (κ2) is 5.86. The fraction of sp³-hybridized carbons (Fsp3) is 0.579. The van der Waals surface area contributed by atoms with E-state index in [0.29, 0.717) is 6.42 Å². The molecular weight excluding hydrogens is 276 g/mol. The van der Waals surface area contributed by atoms with Gasteiger partial charge in [-0.05, 0) is 44.1 Å². The normalized spacial score (nSPS) is 29.3. The summed E-state index contributed by atoms with van der Waals surface area (Å²) < 4.78 is 5.66. The van der Waals surface area contributed by atoms with Crippen molar-refractivity contribution in [2.24, 2.45) is 17.3 Å². The topological polar surface area (TPSA) is 43.4 Å². The predicted octanol–water partition coefficient (Wildman–Crippen LogP) is 4.00. The molecule has 0 heterocycles. The number of esters is 1. The Morgan fingerprint density at radius 2 is 2.05 bits per heavy atom. The second-order valence-corrected chi connectivity index (χ2v) is 7.28. The van der Waals surface area contributed by atoms with Crippen LogP contribution in [0.4, 0.5) is 0 Å². The van der Waals surface area contributed by atoms with Gasteiger partial charge in [0.05, 0.1) is 12.3 Å². The van der Waals surface area contributed by atoms with Crippen LogP contribution < -0.4 is 0 Å². The second-order valence-electron chi connectivity index (χ2n) is 7.28. The van der Waals surface area contributed by atoms with Gasteiger partial charge in [0.1, 0.15) is 6.10 Å². The number of allylic oxidation sites excluding steroid dienone is 4. The first kappa shape index (κ1) is 16.7. The fourth-order valence-corrected chi connectivity index (χ4v) is 3.42. The maximum absolute atomic E-state index is 12.5. The van der Waals surface area contributed by atoms with Gasteiger partial charge in [0, 0.05) is 5.57 Å². The van der Waals surface area contributed by atoms with Crippen molar-refractivity contribution >= 4 is 11.8 Å². The van der Waals surface area contributed by atoms with Crippen LogP contribution in [0.3, 0.4) is 0 Å². The van der Waals surface area contributed by atoms with Gasteiger partial charge in [0.15, 0.2) is 5.78 Å². The van der Waals surface area contributed by atoms with Crippen molar-refractivity contribution in [3.05, 3.63) is 35.5 Å². The van der Waals surface area contributed by atoms with Crippen molar-refractivity contribution in [3.8, 4) is 0 Å². The van der Waals surface area contributed by atoms with Crippen molar-refractivity contribution < 1.29 is 14.3 Å². The van der Waals surface area contributed by atoms with E-state index in [-0.39, 0.29) is 35.4 Å². The summed E-state index contributed by atoms with van der Waals surface area (Å²) in [7, 11) is 0. The number of hydrogen-bond acceptors (Lipinski definition) is 3. The summed E-state index contributed by atoms with van der Waals surface area (Å²) in [4.78, 5) is 24.5. The lowest BCUT2D eigenvalue weighted by atomic mass is 10.1. The van der Waals surface area contributed by atoms with E-state index in [2.05, 4.69) is 26.5 Å². The molecule has 120 valence electrons. The maximum atomic E-state index is 12.5. The zero-order valence-corrected chi connectivity index (χ0v) is 14.2. The zero-order valence-electron chi connectivity index (χ0n) is 14.2. The highest BCUT2D eigenvalue weighted by Crippen LogP contribution is 2.60. The monoisotopic (exact) mass is 302 g/mol. The minimum atomic E-state index is -0.390. The van der Waals surface area contributed by atoms with Gasteiger partial charge in [0.25, 0.3) is 0 Å². The number of Topliss-reactive ketones (excluding diaryl/α,β-unsaturated/α-hetero) is 1. The van der Waals surface area contributed by atoms with Gasteiger partial charge in [-0.1, -0.05) is 31.6 Å². The van der Waals surface area contributed by atoms with E-state index in [0.717, 1.165) is 11.1 Å². The molecule has 0 aliphatic heterocycles. The SMILES string of the molecule is C=CCC1=C(C)[C@@H](OC(=O)C2C(C=C(C)C)C2(C)C)CC1=O. The number of rotatable bonds is 5. The molecule has 0 aromatic heterocycles. The molecular formula is C19H26O3. The Hall–Kier alpha value is -1.64. The van der Waals surface area contributed by atoms with E-state index in [4.69, 9.17) is 4.74 Å². The molecule has 2 unspecified atom stereocenters. The number of ketones is 1. The third-order valence-corrected chi connectivity index (χ3v) is 4.95. The largest absolute Gasteiger partial charge is 0.457 e. The lowest BCUT2D eigenvalue weighted by Gasteiger charge is -2.13. The summed E-state index contributed by atoms with van der Waals surface area (Å²) in [6.45, 7) is 13.8.